The van der Waals surface area contributed by atoms with Gasteiger partial charge < -0.3 is 10.6 Å². The molecule has 0 bridgehead atoms. The first-order chi connectivity index (χ1) is 10.1. The highest BCUT2D eigenvalue weighted by atomic mass is 32.1. The van der Waals surface area contributed by atoms with Crippen molar-refractivity contribution in [3.63, 3.8) is 0 Å². The molecular formula is C13H20N6OS. The maximum Gasteiger partial charge on any atom is 0.315 e. The number of nitrogens with zero attached hydrogens (tertiary/aromatic N) is 3. The molecule has 0 radical (unpaired) electrons. The molecule has 2 heterocycles. The Morgan fingerprint density at radius 2 is 2.24 bits per heavy atom. The maximum absolute atomic E-state index is 11.7. The van der Waals surface area contributed by atoms with Crippen molar-refractivity contribution >= 4 is 17.4 Å². The van der Waals surface area contributed by atoms with Crippen LogP contribution in [0.1, 0.15) is 42.1 Å². The van der Waals surface area contributed by atoms with Crippen LogP contribution < -0.4 is 10.6 Å². The molecule has 1 unspecified atom stereocenters. The number of aryl methyl sites for hydroxylation is 2. The Morgan fingerprint density at radius 1 is 1.43 bits per heavy atom. The highest BCUT2D eigenvalue weighted by Crippen LogP contribution is 2.18. The first-order valence-corrected chi connectivity index (χ1v) is 7.80. The van der Waals surface area contributed by atoms with Crippen LogP contribution in [-0.2, 0) is 13.0 Å². The lowest BCUT2D eigenvalue weighted by atomic mass is 10.2. The van der Waals surface area contributed by atoms with E-state index in [-0.39, 0.29) is 11.9 Å². The van der Waals surface area contributed by atoms with E-state index in [1.807, 2.05) is 26.2 Å². The fourth-order valence-electron chi connectivity index (χ4n) is 1.73. The minimum absolute atomic E-state index is 0.200. The van der Waals surface area contributed by atoms with Crippen LogP contribution in [0.5, 0.6) is 0 Å². The molecule has 0 fully saturated rings. The Hall–Kier alpha value is -1.96. The average Bonchev–Trinajstić information content (AvgIpc) is 3.11. The first-order valence-electron chi connectivity index (χ1n) is 6.92. The van der Waals surface area contributed by atoms with Gasteiger partial charge in [-0.3, -0.25) is 5.10 Å². The second-order valence-corrected chi connectivity index (χ2v) is 5.73. The van der Waals surface area contributed by atoms with Gasteiger partial charge >= 0.3 is 6.03 Å². The zero-order chi connectivity index (χ0) is 15.2. The number of thiazole rings is 1. The van der Waals surface area contributed by atoms with Gasteiger partial charge in [0.15, 0.2) is 5.82 Å². The molecule has 1 atom stereocenters. The van der Waals surface area contributed by atoms with Crippen molar-refractivity contribution in [2.24, 2.45) is 0 Å². The van der Waals surface area contributed by atoms with E-state index in [0.29, 0.717) is 18.9 Å². The smallest absolute Gasteiger partial charge is 0.315 e. The van der Waals surface area contributed by atoms with Crippen molar-refractivity contribution in [1.29, 1.82) is 0 Å². The van der Waals surface area contributed by atoms with Crippen LogP contribution in [0.4, 0.5) is 4.79 Å². The Morgan fingerprint density at radius 3 is 2.86 bits per heavy atom. The van der Waals surface area contributed by atoms with Crippen LogP contribution in [0.2, 0.25) is 0 Å². The molecule has 0 aromatic carbocycles. The predicted molar refractivity (Wildman–Crippen MR) is 81.3 cm³/mol. The molecule has 3 N–H and O–H groups in total. The Kier molecular flexibility index (Phi) is 5.26. The van der Waals surface area contributed by atoms with Crippen LogP contribution in [0.25, 0.3) is 0 Å². The summed E-state index contributed by atoms with van der Waals surface area (Å²) in [5.41, 5.74) is 1.02. The second kappa shape index (κ2) is 7.16. The lowest BCUT2D eigenvalue weighted by molar-refractivity contribution is 0.239. The van der Waals surface area contributed by atoms with Gasteiger partial charge in [0.1, 0.15) is 5.82 Å². The predicted octanol–water partition coefficient (Wildman–Crippen LogP) is 1.73. The average molecular weight is 308 g/mol. The van der Waals surface area contributed by atoms with Crippen LogP contribution in [0.3, 0.4) is 0 Å². The number of carbonyl (C=O) groups is 1. The molecule has 2 rings (SSSR count). The summed E-state index contributed by atoms with van der Waals surface area (Å²) in [5, 5.41) is 15.4. The third kappa shape index (κ3) is 4.52. The summed E-state index contributed by atoms with van der Waals surface area (Å²) in [6.07, 6.45) is 0.771. The summed E-state index contributed by atoms with van der Waals surface area (Å²) in [6.45, 7) is 6.88. The van der Waals surface area contributed by atoms with Crippen LogP contribution >= 0.6 is 11.3 Å². The SMILES string of the molecule is CCc1n[nH]c(CNC(=O)NCC(C)c2nc(C)cs2)n1. The molecule has 21 heavy (non-hydrogen) atoms. The quantitative estimate of drug-likeness (QED) is 0.757. The van der Waals surface area contributed by atoms with Gasteiger partial charge in [-0.1, -0.05) is 13.8 Å². The Labute approximate surface area is 127 Å². The number of urea groups is 1. The Balaban J connectivity index is 1.72. The van der Waals surface area contributed by atoms with Gasteiger partial charge in [0, 0.05) is 30.0 Å². The molecular weight excluding hydrogens is 288 g/mol. The van der Waals surface area contributed by atoms with E-state index in [1.165, 1.54) is 0 Å². The summed E-state index contributed by atoms with van der Waals surface area (Å²) >= 11 is 1.62. The number of H-pyrrole nitrogens is 1. The molecule has 0 aliphatic rings. The lowest BCUT2D eigenvalue weighted by Gasteiger charge is -2.10. The molecule has 0 saturated heterocycles. The number of nitrogens with one attached hydrogen (secondary N) is 3. The minimum Gasteiger partial charge on any atom is -0.337 e. The van der Waals surface area contributed by atoms with E-state index in [2.05, 4.69) is 30.8 Å². The molecule has 0 saturated carbocycles. The molecule has 7 nitrogen and oxygen atoms in total. The highest BCUT2D eigenvalue weighted by molar-refractivity contribution is 7.09. The van der Waals surface area contributed by atoms with E-state index in [4.69, 9.17) is 0 Å². The highest BCUT2D eigenvalue weighted by Gasteiger charge is 2.11. The fourth-order valence-corrected chi connectivity index (χ4v) is 2.59. The van der Waals surface area contributed by atoms with Gasteiger partial charge in [0.2, 0.25) is 0 Å². The van der Waals surface area contributed by atoms with Crippen molar-refractivity contribution in [2.75, 3.05) is 6.54 Å². The van der Waals surface area contributed by atoms with Gasteiger partial charge in [-0.05, 0) is 6.92 Å². The van der Waals surface area contributed by atoms with Crippen LogP contribution in [-0.4, -0.2) is 32.7 Å². The van der Waals surface area contributed by atoms with Crippen molar-refractivity contribution in [2.45, 2.75) is 39.7 Å². The van der Waals surface area contributed by atoms with Crippen LogP contribution in [0, 0.1) is 6.92 Å². The fraction of sp³-hybridized carbons (Fsp3) is 0.538. The molecule has 2 aromatic rings. The second-order valence-electron chi connectivity index (χ2n) is 4.84. The standard InChI is InChI=1S/C13H20N6OS/c1-4-10-17-11(19-18-10)6-15-13(20)14-5-8(2)12-16-9(3)7-21-12/h7-8H,4-6H2,1-3H3,(H2,14,15,20)(H,17,18,19). The number of amides is 2. The van der Waals surface area contributed by atoms with Crippen molar-refractivity contribution in [3.8, 4) is 0 Å². The summed E-state index contributed by atoms with van der Waals surface area (Å²) < 4.78 is 0. The van der Waals surface area contributed by atoms with Gasteiger partial charge in [0.25, 0.3) is 0 Å². The zero-order valence-electron chi connectivity index (χ0n) is 12.4. The van der Waals surface area contributed by atoms with Gasteiger partial charge in [-0.15, -0.1) is 11.3 Å². The summed E-state index contributed by atoms with van der Waals surface area (Å²) in [4.78, 5) is 20.4. The minimum atomic E-state index is -0.218. The third-order valence-corrected chi connectivity index (χ3v) is 4.13. The third-order valence-electron chi connectivity index (χ3n) is 2.94. The van der Waals surface area contributed by atoms with Crippen molar-refractivity contribution in [1.82, 2.24) is 30.8 Å². The summed E-state index contributed by atoms with van der Waals surface area (Å²) in [6, 6.07) is -0.218. The number of hydrogen-bond donors (Lipinski definition) is 3. The monoisotopic (exact) mass is 308 g/mol. The molecule has 2 amide bonds. The normalized spacial score (nSPS) is 12.1. The molecule has 2 aromatic heterocycles. The van der Waals surface area contributed by atoms with Crippen LogP contribution in [0.15, 0.2) is 5.38 Å². The largest absolute Gasteiger partial charge is 0.337 e. The number of aromatic amines is 1. The number of aromatic nitrogens is 4. The van der Waals surface area contributed by atoms with E-state index < -0.39 is 0 Å². The molecule has 0 aliphatic carbocycles. The topological polar surface area (TPSA) is 95.6 Å². The van der Waals surface area contributed by atoms with Gasteiger partial charge in [-0.25, -0.2) is 14.8 Å². The van der Waals surface area contributed by atoms with Gasteiger partial charge in [-0.2, -0.15) is 5.10 Å². The number of carbonyl (C=O) groups excluding carboxylic acids is 1. The molecule has 0 aliphatic heterocycles. The van der Waals surface area contributed by atoms with E-state index >= 15 is 0 Å². The first kappa shape index (κ1) is 15.4. The van der Waals surface area contributed by atoms with Crippen molar-refractivity contribution < 1.29 is 4.79 Å². The van der Waals surface area contributed by atoms with E-state index in [0.717, 1.165) is 22.9 Å². The van der Waals surface area contributed by atoms with Crippen molar-refractivity contribution in [3.05, 3.63) is 27.7 Å². The molecule has 114 valence electrons. The summed E-state index contributed by atoms with van der Waals surface area (Å²) in [7, 11) is 0. The maximum atomic E-state index is 11.7. The number of hydrogen-bond acceptors (Lipinski definition) is 5. The summed E-state index contributed by atoms with van der Waals surface area (Å²) in [5.74, 6) is 1.61. The van der Waals surface area contributed by atoms with Gasteiger partial charge in [0.05, 0.1) is 11.6 Å². The zero-order valence-corrected chi connectivity index (χ0v) is 13.3. The van der Waals surface area contributed by atoms with E-state index in [9.17, 15) is 4.79 Å². The molecule has 8 heteroatoms. The molecule has 0 spiro atoms. The Bertz CT molecular complexity index is 593. The number of rotatable bonds is 6. The van der Waals surface area contributed by atoms with E-state index in [1.54, 1.807) is 11.3 Å². The lowest BCUT2D eigenvalue weighted by Crippen LogP contribution is -2.37.